The van der Waals surface area contributed by atoms with Crippen LogP contribution in [-0.4, -0.2) is 34.2 Å². The zero-order valence-corrected chi connectivity index (χ0v) is 11.2. The molecule has 0 aliphatic heterocycles. The van der Waals surface area contributed by atoms with E-state index in [1.165, 1.54) is 35.6 Å². The molecule has 110 valence electrons. The Morgan fingerprint density at radius 1 is 1.33 bits per heavy atom. The van der Waals surface area contributed by atoms with Crippen LogP contribution >= 0.6 is 0 Å². The third-order valence-electron chi connectivity index (χ3n) is 2.83. The van der Waals surface area contributed by atoms with Gasteiger partial charge in [-0.2, -0.15) is 0 Å². The van der Waals surface area contributed by atoms with E-state index in [1.807, 2.05) is 0 Å². The highest BCUT2D eigenvalue weighted by Crippen LogP contribution is 2.22. The molecular formula is C14H14N2O5. The minimum Gasteiger partial charge on any atom is -0.507 e. The molecular weight excluding hydrogens is 276 g/mol. The standard InChI is InChI=1S/C14H14N2O5/c1-16(7-9-4-5-21-8-9)14(20)15-10-2-3-11(13(18)19)12(17)6-10/h2-6,8,17H,7H2,1H3,(H,15,20)(H,18,19). The lowest BCUT2D eigenvalue weighted by molar-refractivity contribution is 0.0694. The van der Waals surface area contributed by atoms with Crippen LogP contribution in [0.3, 0.4) is 0 Å². The molecule has 7 nitrogen and oxygen atoms in total. The molecule has 0 bridgehead atoms. The summed E-state index contributed by atoms with van der Waals surface area (Å²) < 4.78 is 4.92. The van der Waals surface area contributed by atoms with Crippen molar-refractivity contribution in [3.63, 3.8) is 0 Å². The molecule has 0 spiro atoms. The van der Waals surface area contributed by atoms with Gasteiger partial charge in [0.1, 0.15) is 11.3 Å². The molecule has 7 heteroatoms. The first-order valence-electron chi connectivity index (χ1n) is 6.07. The Morgan fingerprint density at radius 2 is 2.10 bits per heavy atom. The number of aromatic carboxylic acids is 1. The van der Waals surface area contributed by atoms with Gasteiger partial charge in [-0.25, -0.2) is 9.59 Å². The van der Waals surface area contributed by atoms with E-state index in [9.17, 15) is 14.7 Å². The monoisotopic (exact) mass is 290 g/mol. The molecule has 1 aromatic heterocycles. The van der Waals surface area contributed by atoms with Crippen LogP contribution in [0.5, 0.6) is 5.75 Å². The summed E-state index contributed by atoms with van der Waals surface area (Å²) in [4.78, 5) is 24.2. The van der Waals surface area contributed by atoms with Crippen LogP contribution in [0.15, 0.2) is 41.2 Å². The van der Waals surface area contributed by atoms with Crippen LogP contribution < -0.4 is 5.32 Å². The first kappa shape index (κ1) is 14.4. The minimum atomic E-state index is -1.23. The van der Waals surface area contributed by atoms with E-state index in [0.29, 0.717) is 12.2 Å². The lowest BCUT2D eigenvalue weighted by atomic mass is 10.2. The van der Waals surface area contributed by atoms with Crippen molar-refractivity contribution < 1.29 is 24.2 Å². The average molecular weight is 290 g/mol. The molecule has 21 heavy (non-hydrogen) atoms. The number of furan rings is 1. The Morgan fingerprint density at radius 3 is 2.67 bits per heavy atom. The lowest BCUT2D eigenvalue weighted by Gasteiger charge is -2.17. The molecule has 0 unspecified atom stereocenters. The van der Waals surface area contributed by atoms with Crippen molar-refractivity contribution >= 4 is 17.7 Å². The highest BCUT2D eigenvalue weighted by molar-refractivity contribution is 5.93. The van der Waals surface area contributed by atoms with Gasteiger partial charge >= 0.3 is 12.0 Å². The second-order valence-electron chi connectivity index (χ2n) is 4.45. The van der Waals surface area contributed by atoms with Gasteiger partial charge in [0.25, 0.3) is 0 Å². The smallest absolute Gasteiger partial charge is 0.339 e. The molecule has 0 aliphatic rings. The summed E-state index contributed by atoms with van der Waals surface area (Å²) >= 11 is 0. The van der Waals surface area contributed by atoms with Gasteiger partial charge in [-0.3, -0.25) is 0 Å². The molecule has 2 rings (SSSR count). The van der Waals surface area contributed by atoms with E-state index < -0.39 is 17.7 Å². The molecule has 1 heterocycles. The molecule has 2 amide bonds. The second-order valence-corrected chi connectivity index (χ2v) is 4.45. The third kappa shape index (κ3) is 3.53. The molecule has 0 fully saturated rings. The van der Waals surface area contributed by atoms with E-state index in [2.05, 4.69) is 5.32 Å². The van der Waals surface area contributed by atoms with Gasteiger partial charge < -0.3 is 24.8 Å². The highest BCUT2D eigenvalue weighted by Gasteiger charge is 2.13. The zero-order valence-electron chi connectivity index (χ0n) is 11.2. The molecule has 0 atom stereocenters. The van der Waals surface area contributed by atoms with Gasteiger partial charge in [-0.1, -0.05) is 0 Å². The van der Waals surface area contributed by atoms with Gasteiger partial charge in [0, 0.05) is 24.4 Å². The predicted octanol–water partition coefficient (Wildman–Crippen LogP) is 2.35. The Labute approximate surface area is 120 Å². The number of urea groups is 1. The number of carboxylic acids is 1. The van der Waals surface area contributed by atoms with Crippen LogP contribution in [0.4, 0.5) is 10.5 Å². The van der Waals surface area contributed by atoms with Crippen molar-refractivity contribution in [3.05, 3.63) is 47.9 Å². The number of carbonyl (C=O) groups is 2. The van der Waals surface area contributed by atoms with Gasteiger partial charge in [-0.05, 0) is 18.2 Å². The van der Waals surface area contributed by atoms with E-state index in [4.69, 9.17) is 9.52 Å². The van der Waals surface area contributed by atoms with Crippen molar-refractivity contribution in [3.8, 4) is 5.75 Å². The Bertz CT molecular complexity index is 651. The minimum absolute atomic E-state index is 0.222. The summed E-state index contributed by atoms with van der Waals surface area (Å²) in [5.41, 5.74) is 0.929. The third-order valence-corrected chi connectivity index (χ3v) is 2.83. The first-order chi connectivity index (χ1) is 9.97. The molecule has 0 saturated carbocycles. The van der Waals surface area contributed by atoms with E-state index in [-0.39, 0.29) is 5.56 Å². The summed E-state index contributed by atoms with van der Waals surface area (Å²) in [7, 11) is 1.60. The average Bonchev–Trinajstić information content (AvgIpc) is 2.91. The summed E-state index contributed by atoms with van der Waals surface area (Å²) in [6, 6.07) is 5.18. The number of rotatable bonds is 4. The number of carbonyl (C=O) groups excluding carboxylic acids is 1. The molecule has 0 aliphatic carbocycles. The van der Waals surface area contributed by atoms with Gasteiger partial charge in [0.2, 0.25) is 0 Å². The summed E-state index contributed by atoms with van der Waals surface area (Å²) in [5.74, 6) is -1.64. The van der Waals surface area contributed by atoms with Gasteiger partial charge in [0.05, 0.1) is 19.1 Å². The molecule has 0 saturated heterocycles. The zero-order chi connectivity index (χ0) is 15.4. The van der Waals surface area contributed by atoms with Crippen molar-refractivity contribution in [2.24, 2.45) is 0 Å². The van der Waals surface area contributed by atoms with Gasteiger partial charge in [0.15, 0.2) is 0 Å². The molecule has 0 radical (unpaired) electrons. The topological polar surface area (TPSA) is 103 Å². The number of benzene rings is 1. The maximum Gasteiger partial charge on any atom is 0.339 e. The lowest BCUT2D eigenvalue weighted by Crippen LogP contribution is -2.30. The van der Waals surface area contributed by atoms with Gasteiger partial charge in [-0.15, -0.1) is 0 Å². The number of nitrogens with zero attached hydrogens (tertiary/aromatic N) is 1. The number of phenols is 1. The number of nitrogens with one attached hydrogen (secondary N) is 1. The van der Waals surface area contributed by atoms with Crippen molar-refractivity contribution in [2.45, 2.75) is 6.54 Å². The Hall–Kier alpha value is -2.96. The quantitative estimate of drug-likeness (QED) is 0.802. The van der Waals surface area contributed by atoms with Crippen LogP contribution in [0.1, 0.15) is 15.9 Å². The fraction of sp³-hybridized carbons (Fsp3) is 0.143. The van der Waals surface area contributed by atoms with Crippen molar-refractivity contribution in [1.82, 2.24) is 4.90 Å². The van der Waals surface area contributed by atoms with Crippen LogP contribution in [0.25, 0.3) is 0 Å². The fourth-order valence-corrected chi connectivity index (χ4v) is 1.74. The predicted molar refractivity (Wildman–Crippen MR) is 74.3 cm³/mol. The number of hydrogen-bond donors (Lipinski definition) is 3. The van der Waals surface area contributed by atoms with E-state index in [0.717, 1.165) is 5.56 Å². The van der Waals surface area contributed by atoms with E-state index >= 15 is 0 Å². The molecule has 1 aromatic carbocycles. The second kappa shape index (κ2) is 6.00. The molecule has 2 aromatic rings. The summed E-state index contributed by atoms with van der Waals surface area (Å²) in [6.07, 6.45) is 3.06. The Balaban J connectivity index is 2.02. The largest absolute Gasteiger partial charge is 0.507 e. The number of carboxylic acid groups (broad SMARTS) is 1. The van der Waals surface area contributed by atoms with Crippen LogP contribution in [-0.2, 0) is 6.54 Å². The fourth-order valence-electron chi connectivity index (χ4n) is 1.74. The maximum absolute atomic E-state index is 12.0. The number of aromatic hydroxyl groups is 1. The normalized spacial score (nSPS) is 10.1. The van der Waals surface area contributed by atoms with Crippen LogP contribution in [0, 0.1) is 0 Å². The van der Waals surface area contributed by atoms with E-state index in [1.54, 1.807) is 13.1 Å². The summed E-state index contributed by atoms with van der Waals surface area (Å²) in [6.45, 7) is 0.363. The van der Waals surface area contributed by atoms with Crippen molar-refractivity contribution in [1.29, 1.82) is 0 Å². The maximum atomic E-state index is 12.0. The SMILES string of the molecule is CN(Cc1ccoc1)C(=O)Nc1ccc(C(=O)O)c(O)c1. The number of amides is 2. The molecule has 3 N–H and O–H groups in total. The van der Waals surface area contributed by atoms with Crippen LogP contribution in [0.2, 0.25) is 0 Å². The number of anilines is 1. The number of hydrogen-bond acceptors (Lipinski definition) is 4. The Kier molecular flexibility index (Phi) is 4.13. The highest BCUT2D eigenvalue weighted by atomic mass is 16.4. The van der Waals surface area contributed by atoms with Crippen molar-refractivity contribution in [2.75, 3.05) is 12.4 Å². The summed E-state index contributed by atoms with van der Waals surface area (Å²) in [5, 5.41) is 20.9. The first-order valence-corrected chi connectivity index (χ1v) is 6.07.